The summed E-state index contributed by atoms with van der Waals surface area (Å²) < 4.78 is 45.1. The molecule has 0 bridgehead atoms. The minimum absolute atomic E-state index is 0.0133. The summed E-state index contributed by atoms with van der Waals surface area (Å²) in [5.41, 5.74) is 10.2. The molecule has 0 saturated carbocycles. The number of halogens is 5. The van der Waals surface area contributed by atoms with Gasteiger partial charge in [0.15, 0.2) is 34.1 Å². The van der Waals surface area contributed by atoms with Crippen molar-refractivity contribution in [3.8, 4) is 0 Å². The Kier molecular flexibility index (Phi) is 23.9. The quantitative estimate of drug-likeness (QED) is 0.0275. The van der Waals surface area contributed by atoms with Gasteiger partial charge in [-0.15, -0.1) is 0 Å². The summed E-state index contributed by atoms with van der Waals surface area (Å²) in [5.74, 6) is -0.978. The lowest BCUT2D eigenvalue weighted by atomic mass is 10.0. The summed E-state index contributed by atoms with van der Waals surface area (Å²) >= 11 is 12.2. The van der Waals surface area contributed by atoms with Gasteiger partial charge >= 0.3 is 11.9 Å². The molecule has 19 aromatic rings. The molecule has 29 heteroatoms. The van der Waals surface area contributed by atoms with E-state index in [1.165, 1.54) is 57.6 Å². The van der Waals surface area contributed by atoms with Crippen LogP contribution in [0.3, 0.4) is 0 Å². The van der Waals surface area contributed by atoms with E-state index in [0.717, 1.165) is 107 Å². The third-order valence-electron chi connectivity index (χ3n) is 19.3. The number of carboxylic acid groups (broad SMARTS) is 1. The van der Waals surface area contributed by atoms with Crippen LogP contribution in [0.1, 0.15) is 78.1 Å². The SMILES string of the molecule is CC(=O)c1ccc2c(c1)nc(Nc1cc(F)cc(F)c1)c1ncncc12.CC(=O)c1ccc2c(c1)nc(Nc1cccc(Cl)c1)c1ccncc12.CC(=O)c1ccc2c(c1)nc(Nc1cccc(F)c1)c1ncncc12.COC(=O)c1ccc2c(c1)nc(Cl)c1ncncc12.O=C(O)c1ccc2c(c1)nc(NCCc1ccccc1)c1ccncc12. The lowest BCUT2D eigenvalue weighted by molar-refractivity contribution is 0.0599. The number of hydrogen-bond acceptors (Lipinski definition) is 23. The number of fused-ring (bicyclic) bond motifs is 15. The van der Waals surface area contributed by atoms with Gasteiger partial charge in [0.1, 0.15) is 64.6 Å². The number of methoxy groups -OCH3 is 1. The van der Waals surface area contributed by atoms with Gasteiger partial charge in [-0.2, -0.15) is 0 Å². The third kappa shape index (κ3) is 18.3. The van der Waals surface area contributed by atoms with E-state index in [9.17, 15) is 42.3 Å². The summed E-state index contributed by atoms with van der Waals surface area (Å²) in [6, 6.07) is 57.0. The smallest absolute Gasteiger partial charge is 0.337 e. The highest BCUT2D eigenvalue weighted by Crippen LogP contribution is 2.37. The van der Waals surface area contributed by atoms with Gasteiger partial charge in [-0.25, -0.2) is 77.6 Å². The van der Waals surface area contributed by atoms with Crippen LogP contribution in [-0.2, 0) is 11.2 Å². The number of aromatic nitrogens is 13. The summed E-state index contributed by atoms with van der Waals surface area (Å²) in [4.78, 5) is 114. The van der Waals surface area contributed by atoms with E-state index in [0.29, 0.717) is 94.4 Å². The zero-order valence-electron chi connectivity index (χ0n) is 64.3. The third-order valence-corrected chi connectivity index (χ3v) is 19.8. The molecule has 0 fully saturated rings. The molecule has 594 valence electrons. The molecule has 121 heavy (non-hydrogen) atoms. The van der Waals surface area contributed by atoms with E-state index < -0.39 is 23.6 Å². The molecule has 0 radical (unpaired) electrons. The Hall–Kier alpha value is -15.6. The lowest BCUT2D eigenvalue weighted by Crippen LogP contribution is -2.07. The second kappa shape index (κ2) is 35.9. The van der Waals surface area contributed by atoms with Crippen molar-refractivity contribution in [1.29, 1.82) is 0 Å². The fourth-order valence-electron chi connectivity index (χ4n) is 13.5. The average molecular weight is 1650 g/mol. The molecule has 0 aliphatic heterocycles. The number of carboxylic acids is 1. The lowest BCUT2D eigenvalue weighted by Gasteiger charge is -2.12. The fourth-order valence-corrected chi connectivity index (χ4v) is 13.9. The zero-order chi connectivity index (χ0) is 84.4. The largest absolute Gasteiger partial charge is 0.478 e. The number of aromatic carboxylic acids is 1. The summed E-state index contributed by atoms with van der Waals surface area (Å²) in [7, 11) is 1.33. The van der Waals surface area contributed by atoms with Gasteiger partial charge in [0.25, 0.3) is 0 Å². The Morgan fingerprint density at radius 2 is 0.785 bits per heavy atom. The van der Waals surface area contributed by atoms with Crippen molar-refractivity contribution in [2.24, 2.45) is 0 Å². The average Bonchev–Trinajstić information content (AvgIpc) is 0.790. The van der Waals surface area contributed by atoms with Crippen LogP contribution in [0.2, 0.25) is 10.2 Å². The van der Waals surface area contributed by atoms with Crippen LogP contribution >= 0.6 is 23.2 Å². The molecule has 0 amide bonds. The number of anilines is 7. The van der Waals surface area contributed by atoms with Crippen molar-refractivity contribution < 1.29 is 47.0 Å². The molecule has 10 aromatic heterocycles. The molecule has 0 aliphatic rings. The normalized spacial score (nSPS) is 11.0. The maximum absolute atomic E-state index is 13.5. The van der Waals surface area contributed by atoms with Crippen molar-refractivity contribution in [1.82, 2.24) is 64.8 Å². The van der Waals surface area contributed by atoms with Crippen LogP contribution in [0.15, 0.2) is 263 Å². The maximum atomic E-state index is 13.5. The summed E-state index contributed by atoms with van der Waals surface area (Å²) in [6.07, 6.45) is 17.2. The number of nitrogens with one attached hydrogen (secondary N) is 4. The van der Waals surface area contributed by atoms with Crippen LogP contribution in [-0.4, -0.2) is 113 Å². The van der Waals surface area contributed by atoms with Crippen LogP contribution in [0.25, 0.3) is 109 Å². The molecule has 10 heterocycles. The molecule has 0 saturated heterocycles. The van der Waals surface area contributed by atoms with Gasteiger partial charge in [-0.1, -0.05) is 114 Å². The number of carbonyl (C=O) groups is 5. The number of carbonyl (C=O) groups excluding carboxylic acids is 4. The standard InChI is InChI=1S/C21H17N3O2.C20H14ClN3O.C19H12F2N4O.C19H13FN4O.C13H8ClN3O2/c25-21(26)15-6-7-16-18-13-22-10-9-17(18)20(24-19(16)12-15)23-11-8-14-4-2-1-3-5-14;1-12(25)13-5-6-16-18-11-22-8-7-17(18)20(24-19(16)9-13)23-15-4-2-3-14(21)10-15;1-10(26)11-2-3-15-16-8-22-9-23-18(16)19(25-17(15)4-11)24-14-6-12(20)5-13(21)7-14;1-11(25)12-5-6-15-16-9-21-10-22-18(16)19(24-17(15)7-12)23-14-4-2-3-13(20)8-14;1-19-13(18)7-2-3-8-9-5-15-6-16-11(9)12(14)17-10(8)4-7/h1-7,9-10,12-13H,8,11H2,(H,23,24)(H,25,26);2-11H,1H3,(H,23,24);2-9H,1H3,(H,24,25);2-10H,1H3,(H,23,24);2-6H,1H3. The number of hydrogen-bond donors (Lipinski definition) is 5. The van der Waals surface area contributed by atoms with E-state index in [2.05, 4.69) is 97.9 Å². The van der Waals surface area contributed by atoms with E-state index in [-0.39, 0.29) is 39.6 Å². The van der Waals surface area contributed by atoms with Gasteiger partial charge in [-0.05, 0) is 136 Å². The Balaban J connectivity index is 0.000000118. The second-order valence-electron chi connectivity index (χ2n) is 27.3. The van der Waals surface area contributed by atoms with Gasteiger partial charge in [0.05, 0.1) is 45.8 Å². The number of esters is 1. The number of pyridine rings is 7. The van der Waals surface area contributed by atoms with Crippen LogP contribution in [0.5, 0.6) is 0 Å². The van der Waals surface area contributed by atoms with Crippen molar-refractivity contribution >= 4 is 202 Å². The van der Waals surface area contributed by atoms with Crippen LogP contribution in [0.4, 0.5) is 53.5 Å². The molecular weight excluding hydrogens is 1580 g/mol. The van der Waals surface area contributed by atoms with Crippen molar-refractivity contribution in [2.75, 3.05) is 34.9 Å². The first kappa shape index (κ1) is 80.6. The molecular formula is C92H64Cl2F3N17O7. The molecule has 19 rings (SSSR count). The topological polar surface area (TPSA) is 330 Å². The Morgan fingerprint density at radius 3 is 1.30 bits per heavy atom. The van der Waals surface area contributed by atoms with Gasteiger partial charge in [0, 0.05) is 159 Å². The first-order valence-electron chi connectivity index (χ1n) is 37.2. The molecule has 24 nitrogen and oxygen atoms in total. The molecule has 0 unspecified atom stereocenters. The fraction of sp³-hybridized carbons (Fsp3) is 0.0652. The highest BCUT2D eigenvalue weighted by molar-refractivity contribution is 6.35. The van der Waals surface area contributed by atoms with Gasteiger partial charge in [-0.3, -0.25) is 24.4 Å². The zero-order valence-corrected chi connectivity index (χ0v) is 65.9. The molecule has 0 atom stereocenters. The predicted octanol–water partition coefficient (Wildman–Crippen LogP) is 20.8. The highest BCUT2D eigenvalue weighted by atomic mass is 35.5. The number of benzene rings is 9. The highest BCUT2D eigenvalue weighted by Gasteiger charge is 2.19. The number of ketones is 3. The minimum atomic E-state index is -0.960. The van der Waals surface area contributed by atoms with Gasteiger partial charge in [0.2, 0.25) is 0 Å². The van der Waals surface area contributed by atoms with Gasteiger partial charge < -0.3 is 31.1 Å². The monoisotopic (exact) mass is 1650 g/mol. The predicted molar refractivity (Wildman–Crippen MR) is 465 cm³/mol. The van der Waals surface area contributed by atoms with Crippen molar-refractivity contribution in [3.63, 3.8) is 0 Å². The van der Waals surface area contributed by atoms with E-state index in [1.54, 1.807) is 123 Å². The molecule has 0 spiro atoms. The van der Waals surface area contributed by atoms with E-state index in [1.807, 2.05) is 85.1 Å². The van der Waals surface area contributed by atoms with E-state index in [4.69, 9.17) is 28.2 Å². The number of Topliss-reactive ketones (excluding diaryl/α,β-unsaturated/α-hetero) is 3. The Morgan fingerprint density at radius 1 is 0.372 bits per heavy atom. The molecule has 0 aliphatic carbocycles. The Labute approximate surface area is 695 Å². The maximum Gasteiger partial charge on any atom is 0.337 e. The van der Waals surface area contributed by atoms with Crippen LogP contribution < -0.4 is 21.3 Å². The molecule has 9 aromatic carbocycles. The molecule has 5 N–H and O–H groups in total. The summed E-state index contributed by atoms with van der Waals surface area (Å²) in [6.45, 7) is 5.27. The van der Waals surface area contributed by atoms with Crippen LogP contribution in [0, 0.1) is 17.5 Å². The second-order valence-corrected chi connectivity index (χ2v) is 28.1. The summed E-state index contributed by atoms with van der Waals surface area (Å²) in [5, 5.41) is 33.4. The minimum Gasteiger partial charge on any atom is -0.478 e. The first-order valence-corrected chi connectivity index (χ1v) is 37.9. The van der Waals surface area contributed by atoms with E-state index >= 15 is 0 Å². The van der Waals surface area contributed by atoms with Crippen molar-refractivity contribution in [3.05, 3.63) is 324 Å². The first-order chi connectivity index (χ1) is 58.7. The Bertz CT molecular complexity index is 7130. The number of nitrogens with zero attached hydrogens (tertiary/aromatic N) is 13. The number of rotatable bonds is 15. The number of ether oxygens (including phenoxy) is 1. The van der Waals surface area contributed by atoms with Crippen molar-refractivity contribution in [2.45, 2.75) is 27.2 Å².